The lowest BCUT2D eigenvalue weighted by Crippen LogP contribution is -2.43. The molecule has 1 atom stereocenters. The zero-order chi connectivity index (χ0) is 10.5. The Balaban J connectivity index is 1.97. The van der Waals surface area contributed by atoms with Gasteiger partial charge in [0.2, 0.25) is 0 Å². The van der Waals surface area contributed by atoms with Crippen LogP contribution >= 0.6 is 0 Å². The van der Waals surface area contributed by atoms with Gasteiger partial charge < -0.3 is 5.73 Å². The molecule has 3 nitrogen and oxygen atoms in total. The van der Waals surface area contributed by atoms with Crippen molar-refractivity contribution in [1.82, 2.24) is 9.88 Å². The quantitative estimate of drug-likeness (QED) is 0.811. The third kappa shape index (κ3) is 2.76. The highest BCUT2D eigenvalue weighted by Gasteiger charge is 2.20. The second-order valence-corrected chi connectivity index (χ2v) is 4.18. The zero-order valence-corrected chi connectivity index (χ0v) is 9.10. The fraction of sp³-hybridized carbons (Fsp3) is 0.583. The maximum atomic E-state index is 5.79. The van der Waals surface area contributed by atoms with Crippen LogP contribution in [0.1, 0.15) is 25.0 Å². The van der Waals surface area contributed by atoms with Crippen LogP contribution < -0.4 is 5.73 Å². The number of nitrogens with two attached hydrogens (primary N) is 1. The summed E-state index contributed by atoms with van der Waals surface area (Å²) in [6.07, 6.45) is 5.71. The molecule has 0 aliphatic carbocycles. The third-order valence-corrected chi connectivity index (χ3v) is 3.11. The third-order valence-electron chi connectivity index (χ3n) is 3.11. The molecule has 0 radical (unpaired) electrons. The van der Waals surface area contributed by atoms with Crippen LogP contribution in [0.3, 0.4) is 0 Å². The molecule has 2 heterocycles. The van der Waals surface area contributed by atoms with Crippen molar-refractivity contribution >= 4 is 0 Å². The van der Waals surface area contributed by atoms with Crippen molar-refractivity contribution in [3.8, 4) is 0 Å². The Kier molecular flexibility index (Phi) is 3.69. The van der Waals surface area contributed by atoms with E-state index in [-0.39, 0.29) is 0 Å². The van der Waals surface area contributed by atoms with Gasteiger partial charge in [-0.25, -0.2) is 0 Å². The minimum Gasteiger partial charge on any atom is -0.329 e. The van der Waals surface area contributed by atoms with E-state index in [1.54, 1.807) is 0 Å². The molecule has 1 aromatic heterocycles. The Bertz CT molecular complexity index is 286. The predicted molar refractivity (Wildman–Crippen MR) is 61.3 cm³/mol. The van der Waals surface area contributed by atoms with Gasteiger partial charge in [-0.15, -0.1) is 0 Å². The van der Waals surface area contributed by atoms with Crippen LogP contribution in [0.4, 0.5) is 0 Å². The van der Waals surface area contributed by atoms with Gasteiger partial charge in [0.05, 0.1) is 5.69 Å². The summed E-state index contributed by atoms with van der Waals surface area (Å²) >= 11 is 0. The van der Waals surface area contributed by atoms with Gasteiger partial charge in [-0.3, -0.25) is 9.88 Å². The zero-order valence-electron chi connectivity index (χ0n) is 9.10. The lowest BCUT2D eigenvalue weighted by molar-refractivity contribution is 0.143. The summed E-state index contributed by atoms with van der Waals surface area (Å²) in [6, 6.07) is 6.65. The Morgan fingerprint density at radius 3 is 3.07 bits per heavy atom. The van der Waals surface area contributed by atoms with Crippen LogP contribution in [0.2, 0.25) is 0 Å². The van der Waals surface area contributed by atoms with Gasteiger partial charge in [-0.05, 0) is 31.5 Å². The van der Waals surface area contributed by atoms with Crippen molar-refractivity contribution in [3.05, 3.63) is 30.1 Å². The Labute approximate surface area is 91.3 Å². The largest absolute Gasteiger partial charge is 0.329 e. The summed E-state index contributed by atoms with van der Waals surface area (Å²) in [5.74, 6) is 0. The highest BCUT2D eigenvalue weighted by atomic mass is 15.2. The van der Waals surface area contributed by atoms with Gasteiger partial charge in [0, 0.05) is 25.3 Å². The highest BCUT2D eigenvalue weighted by molar-refractivity contribution is 5.03. The molecular formula is C12H19N3. The fourth-order valence-electron chi connectivity index (χ4n) is 2.23. The van der Waals surface area contributed by atoms with Crippen molar-refractivity contribution < 1.29 is 0 Å². The first kappa shape index (κ1) is 10.6. The topological polar surface area (TPSA) is 42.1 Å². The van der Waals surface area contributed by atoms with Gasteiger partial charge in [0.1, 0.15) is 0 Å². The lowest BCUT2D eigenvalue weighted by atomic mass is 10.0. The molecule has 82 valence electrons. The molecule has 0 spiro atoms. The van der Waals surface area contributed by atoms with E-state index in [2.05, 4.69) is 16.0 Å². The van der Waals surface area contributed by atoms with Crippen molar-refractivity contribution in [2.75, 3.05) is 13.1 Å². The first-order chi connectivity index (χ1) is 7.40. The van der Waals surface area contributed by atoms with E-state index in [0.29, 0.717) is 6.04 Å². The summed E-state index contributed by atoms with van der Waals surface area (Å²) < 4.78 is 0. The van der Waals surface area contributed by atoms with Crippen LogP contribution in [0, 0.1) is 0 Å². The first-order valence-electron chi connectivity index (χ1n) is 5.74. The second-order valence-electron chi connectivity index (χ2n) is 4.18. The van der Waals surface area contributed by atoms with E-state index >= 15 is 0 Å². The van der Waals surface area contributed by atoms with Gasteiger partial charge >= 0.3 is 0 Å². The van der Waals surface area contributed by atoms with Crippen molar-refractivity contribution in [1.29, 1.82) is 0 Å². The molecule has 1 aliphatic rings. The Morgan fingerprint density at radius 1 is 1.40 bits per heavy atom. The standard InChI is InChI=1S/C12H19N3/c13-9-12-6-2-4-8-15(12)10-11-5-1-3-7-14-11/h1,3,5,7,12H,2,4,6,8-10,13H2/t12-/m0/s1. The van der Waals surface area contributed by atoms with Crippen LogP contribution in [-0.4, -0.2) is 29.0 Å². The SMILES string of the molecule is NC[C@@H]1CCCCN1Cc1ccccn1. The van der Waals surface area contributed by atoms with E-state index in [1.807, 2.05) is 18.3 Å². The number of hydrogen-bond donors (Lipinski definition) is 1. The number of nitrogens with zero attached hydrogens (tertiary/aromatic N) is 2. The molecule has 3 heteroatoms. The highest BCUT2D eigenvalue weighted by Crippen LogP contribution is 2.17. The number of likely N-dealkylation sites (tertiary alicyclic amines) is 1. The molecule has 0 saturated carbocycles. The van der Waals surface area contributed by atoms with Gasteiger partial charge in [-0.2, -0.15) is 0 Å². The molecule has 0 unspecified atom stereocenters. The molecule has 0 amide bonds. The van der Waals surface area contributed by atoms with Crippen LogP contribution in [-0.2, 0) is 6.54 Å². The van der Waals surface area contributed by atoms with Crippen molar-refractivity contribution in [3.63, 3.8) is 0 Å². The van der Waals surface area contributed by atoms with Crippen molar-refractivity contribution in [2.45, 2.75) is 31.8 Å². The number of piperidine rings is 1. The number of aromatic nitrogens is 1. The number of rotatable bonds is 3. The first-order valence-corrected chi connectivity index (χ1v) is 5.74. The lowest BCUT2D eigenvalue weighted by Gasteiger charge is -2.34. The minimum absolute atomic E-state index is 0.556. The van der Waals surface area contributed by atoms with Crippen LogP contribution in [0.5, 0.6) is 0 Å². The molecule has 1 saturated heterocycles. The van der Waals surface area contributed by atoms with Gasteiger partial charge in [0.25, 0.3) is 0 Å². The van der Waals surface area contributed by atoms with Crippen LogP contribution in [0.15, 0.2) is 24.4 Å². The summed E-state index contributed by atoms with van der Waals surface area (Å²) in [4.78, 5) is 6.82. The normalized spacial score (nSPS) is 22.9. The average molecular weight is 205 g/mol. The van der Waals surface area contributed by atoms with Crippen LogP contribution in [0.25, 0.3) is 0 Å². The summed E-state index contributed by atoms with van der Waals surface area (Å²) in [7, 11) is 0. The summed E-state index contributed by atoms with van der Waals surface area (Å²) in [5, 5.41) is 0. The van der Waals surface area contributed by atoms with Gasteiger partial charge in [0.15, 0.2) is 0 Å². The van der Waals surface area contributed by atoms with Crippen molar-refractivity contribution in [2.24, 2.45) is 5.73 Å². The molecule has 0 aromatic carbocycles. The van der Waals surface area contributed by atoms with Gasteiger partial charge in [-0.1, -0.05) is 12.5 Å². The smallest absolute Gasteiger partial charge is 0.0544 e. The minimum atomic E-state index is 0.556. The molecule has 1 aliphatic heterocycles. The molecule has 15 heavy (non-hydrogen) atoms. The average Bonchev–Trinajstić information content (AvgIpc) is 2.31. The van der Waals surface area contributed by atoms with E-state index < -0.39 is 0 Å². The van der Waals surface area contributed by atoms with E-state index in [9.17, 15) is 0 Å². The Morgan fingerprint density at radius 2 is 2.33 bits per heavy atom. The summed E-state index contributed by atoms with van der Waals surface area (Å²) in [5.41, 5.74) is 6.94. The molecule has 1 aromatic rings. The van der Waals surface area contributed by atoms with E-state index in [4.69, 9.17) is 5.73 Å². The molecule has 2 N–H and O–H groups in total. The molecule has 1 fully saturated rings. The summed E-state index contributed by atoms with van der Waals surface area (Å²) in [6.45, 7) is 2.88. The Hall–Kier alpha value is -0.930. The molecular weight excluding hydrogens is 186 g/mol. The van der Waals surface area contributed by atoms with E-state index in [0.717, 1.165) is 18.8 Å². The second kappa shape index (κ2) is 5.24. The number of pyridine rings is 1. The maximum absolute atomic E-state index is 5.79. The fourth-order valence-corrected chi connectivity index (χ4v) is 2.23. The monoisotopic (exact) mass is 205 g/mol. The molecule has 2 rings (SSSR count). The number of hydrogen-bond acceptors (Lipinski definition) is 3. The maximum Gasteiger partial charge on any atom is 0.0544 e. The molecule has 0 bridgehead atoms. The predicted octanol–water partition coefficient (Wildman–Crippen LogP) is 1.39. The van der Waals surface area contributed by atoms with E-state index in [1.165, 1.54) is 25.8 Å².